The summed E-state index contributed by atoms with van der Waals surface area (Å²) in [6, 6.07) is 9.65. The first-order chi connectivity index (χ1) is 21.6. The Morgan fingerprint density at radius 2 is 1.80 bits per heavy atom. The van der Waals surface area contributed by atoms with Crippen LogP contribution in [0.5, 0.6) is 0 Å². The molecule has 5 atom stereocenters. The van der Waals surface area contributed by atoms with Crippen LogP contribution in [0.3, 0.4) is 0 Å². The lowest BCUT2D eigenvalue weighted by atomic mass is 10.00. The van der Waals surface area contributed by atoms with E-state index in [-0.39, 0.29) is 49.4 Å². The molecule has 0 spiro atoms. The van der Waals surface area contributed by atoms with Crippen molar-refractivity contribution in [3.63, 3.8) is 0 Å². The Labute approximate surface area is 273 Å². The molecule has 2 aromatic rings. The van der Waals surface area contributed by atoms with Gasteiger partial charge in [0.2, 0.25) is 0 Å². The average Bonchev–Trinajstić information content (AvgIpc) is 3.35. The lowest BCUT2D eigenvalue weighted by Gasteiger charge is -2.24. The Kier molecular flexibility index (Phi) is 14.0. The summed E-state index contributed by atoms with van der Waals surface area (Å²) < 4.78 is 44.4. The molecule has 0 amide bonds. The minimum Gasteiger partial charge on any atom is -0.462 e. The monoisotopic (exact) mass is 683 g/mol. The third-order valence-corrected chi connectivity index (χ3v) is 9.79. The molecule has 0 saturated carbocycles. The molecular weight excluding hydrogens is 637 g/mol. The Hall–Kier alpha value is -2.58. The second kappa shape index (κ2) is 17.0. The second-order valence-corrected chi connectivity index (χ2v) is 15.3. The van der Waals surface area contributed by atoms with Gasteiger partial charge in [-0.1, -0.05) is 69.8 Å². The summed E-state index contributed by atoms with van der Waals surface area (Å²) in [5.41, 5.74) is -0.733. The molecule has 1 aromatic heterocycles. The van der Waals surface area contributed by atoms with Crippen molar-refractivity contribution >= 4 is 30.6 Å². The van der Waals surface area contributed by atoms with E-state index in [4.69, 9.17) is 23.3 Å². The molecule has 13 nitrogen and oxygen atoms in total. The van der Waals surface area contributed by atoms with E-state index >= 15 is 0 Å². The normalized spacial score (nSPS) is 20.4. The topological polar surface area (TPSA) is 153 Å². The maximum Gasteiger partial charge on any atom is 0.406 e. The van der Waals surface area contributed by atoms with Gasteiger partial charge in [-0.3, -0.25) is 28.0 Å². The third kappa shape index (κ3) is 11.3. The van der Waals surface area contributed by atoms with E-state index in [2.05, 4.69) is 5.09 Å². The summed E-state index contributed by atoms with van der Waals surface area (Å²) in [5.74, 6) is -0.578. The second-order valence-electron chi connectivity index (χ2n) is 12.4. The van der Waals surface area contributed by atoms with Crippen LogP contribution in [-0.2, 0) is 50.7 Å². The van der Waals surface area contributed by atoms with E-state index in [1.807, 2.05) is 37.3 Å². The maximum atomic E-state index is 13.8. The van der Waals surface area contributed by atoms with Crippen LogP contribution in [0.15, 0.2) is 52.2 Å². The van der Waals surface area contributed by atoms with Crippen LogP contribution in [0.2, 0.25) is 0 Å². The van der Waals surface area contributed by atoms with Gasteiger partial charge in [0, 0.05) is 29.3 Å². The van der Waals surface area contributed by atoms with E-state index < -0.39 is 48.8 Å². The summed E-state index contributed by atoms with van der Waals surface area (Å²) in [6.07, 6.45) is 0.139. The predicted octanol–water partition coefficient (Wildman–Crippen LogP) is 4.48. The number of benzene rings is 1. The first-order valence-electron chi connectivity index (χ1n) is 15.2. The van der Waals surface area contributed by atoms with Gasteiger partial charge in [0.05, 0.1) is 32.0 Å². The number of nitrogens with one attached hydrogen (secondary N) is 1. The van der Waals surface area contributed by atoms with Crippen LogP contribution in [0.25, 0.3) is 0 Å². The minimum atomic E-state index is -4.09. The largest absolute Gasteiger partial charge is 0.462 e. The van der Waals surface area contributed by atoms with Crippen LogP contribution in [0.4, 0.5) is 0 Å². The van der Waals surface area contributed by atoms with Crippen molar-refractivity contribution in [2.75, 3.05) is 19.0 Å². The van der Waals surface area contributed by atoms with Gasteiger partial charge < -0.3 is 14.2 Å². The number of hydrogen-bond acceptors (Lipinski definition) is 11. The summed E-state index contributed by atoms with van der Waals surface area (Å²) in [7, 11) is -4.09. The summed E-state index contributed by atoms with van der Waals surface area (Å²) >= 11 is 1.06. The summed E-state index contributed by atoms with van der Waals surface area (Å²) in [5, 5.41) is 2.58. The van der Waals surface area contributed by atoms with Crippen LogP contribution in [0, 0.1) is 11.3 Å². The number of thioether (sulfide) groups is 1. The van der Waals surface area contributed by atoms with Gasteiger partial charge in [-0.15, -0.1) is 0 Å². The molecule has 1 aliphatic rings. The van der Waals surface area contributed by atoms with Crippen molar-refractivity contribution in [3.05, 3.63) is 69.0 Å². The van der Waals surface area contributed by atoms with Gasteiger partial charge in [0.25, 0.3) is 5.56 Å². The number of nitrogens with zero attached hydrogens (tertiary/aromatic N) is 2. The van der Waals surface area contributed by atoms with E-state index in [0.717, 1.165) is 21.9 Å². The van der Waals surface area contributed by atoms with E-state index in [1.165, 1.54) is 23.8 Å². The number of carbonyl (C=O) groups excluding carboxylic acids is 2. The van der Waals surface area contributed by atoms with Crippen molar-refractivity contribution in [2.24, 2.45) is 11.3 Å². The molecule has 2 heterocycles. The lowest BCUT2D eigenvalue weighted by Crippen LogP contribution is -2.41. The molecule has 1 saturated heterocycles. The summed E-state index contributed by atoms with van der Waals surface area (Å²) in [6.45, 7) is 11.9. The Morgan fingerprint density at radius 3 is 2.46 bits per heavy atom. The highest BCUT2D eigenvalue weighted by Crippen LogP contribution is 2.46. The number of ether oxygens (including phenoxy) is 3. The molecule has 1 aliphatic heterocycles. The predicted molar refractivity (Wildman–Crippen MR) is 174 cm³/mol. The van der Waals surface area contributed by atoms with Crippen molar-refractivity contribution < 1.29 is 37.4 Å². The van der Waals surface area contributed by atoms with Gasteiger partial charge in [-0.2, -0.15) is 0 Å². The quantitative estimate of drug-likeness (QED) is 0.151. The number of rotatable bonds is 16. The van der Waals surface area contributed by atoms with Crippen LogP contribution in [0.1, 0.15) is 66.7 Å². The van der Waals surface area contributed by atoms with Crippen molar-refractivity contribution in [1.82, 2.24) is 14.2 Å². The van der Waals surface area contributed by atoms with Crippen molar-refractivity contribution in [3.8, 4) is 0 Å². The first-order valence-corrected chi connectivity index (χ1v) is 17.8. The molecule has 3 rings (SSSR count). The van der Waals surface area contributed by atoms with E-state index in [1.54, 1.807) is 34.6 Å². The van der Waals surface area contributed by atoms with E-state index in [9.17, 15) is 23.7 Å². The SMILES string of the molecule is CC(C)OC(=O)[C@H](C)NP(=O)(OCCSC(=O)C(C)(C)C)OC[C@@H]1C[C@H](C)[C@H](n2ccc(=O)n(COCc3ccccc3)c2=O)O1. The number of carbonyl (C=O) groups is 2. The summed E-state index contributed by atoms with van der Waals surface area (Å²) in [4.78, 5) is 50.5. The molecule has 256 valence electrons. The highest BCUT2D eigenvalue weighted by molar-refractivity contribution is 8.13. The molecule has 1 unspecified atom stereocenters. The number of esters is 1. The molecule has 46 heavy (non-hydrogen) atoms. The highest BCUT2D eigenvalue weighted by Gasteiger charge is 2.38. The van der Waals surface area contributed by atoms with Crippen LogP contribution in [-0.4, -0.2) is 57.4 Å². The fourth-order valence-electron chi connectivity index (χ4n) is 4.46. The smallest absolute Gasteiger partial charge is 0.406 e. The standard InChI is InChI=1S/C31H46N3O10PS/c1-21(2)43-28(36)23(4)32-45(39,41-15-16-46-29(37)31(5,6)7)42-19-25-17-22(3)27(44-25)33-14-13-26(35)34(30(33)38)20-40-18-24-11-9-8-10-12-24/h8-14,21-23,25,27H,15-20H2,1-7H3,(H,32,39)/t22-,23-,25-,27+,45?/m0/s1. The average molecular weight is 684 g/mol. The van der Waals surface area contributed by atoms with Gasteiger partial charge in [-0.05, 0) is 32.8 Å². The minimum absolute atomic E-state index is 0.0441. The Morgan fingerprint density at radius 1 is 1.11 bits per heavy atom. The zero-order valence-electron chi connectivity index (χ0n) is 27.5. The number of hydrogen-bond donors (Lipinski definition) is 1. The Bertz CT molecular complexity index is 1470. The van der Waals surface area contributed by atoms with Gasteiger partial charge in [0.1, 0.15) is 19.0 Å². The van der Waals surface area contributed by atoms with Crippen molar-refractivity contribution in [1.29, 1.82) is 0 Å². The molecular formula is C31H46N3O10PS. The molecule has 15 heteroatoms. The van der Waals surface area contributed by atoms with Gasteiger partial charge in [-0.25, -0.2) is 19.0 Å². The van der Waals surface area contributed by atoms with Gasteiger partial charge in [0.15, 0.2) is 5.12 Å². The fourth-order valence-corrected chi connectivity index (χ4v) is 6.87. The molecule has 1 fully saturated rings. The molecule has 0 bridgehead atoms. The van der Waals surface area contributed by atoms with Gasteiger partial charge >= 0.3 is 19.4 Å². The molecule has 0 aliphatic carbocycles. The maximum absolute atomic E-state index is 13.8. The first kappa shape index (κ1) is 37.9. The van der Waals surface area contributed by atoms with Crippen molar-refractivity contribution in [2.45, 2.75) is 92.7 Å². The molecule has 0 radical (unpaired) electrons. The highest BCUT2D eigenvalue weighted by atomic mass is 32.2. The Balaban J connectivity index is 1.66. The zero-order valence-corrected chi connectivity index (χ0v) is 29.2. The molecule has 1 aromatic carbocycles. The van der Waals surface area contributed by atoms with Crippen LogP contribution < -0.4 is 16.3 Å². The number of aromatic nitrogens is 2. The van der Waals surface area contributed by atoms with E-state index in [0.29, 0.717) is 6.42 Å². The fraction of sp³-hybridized carbons (Fsp3) is 0.613. The zero-order chi connectivity index (χ0) is 34.1. The third-order valence-electron chi connectivity index (χ3n) is 6.83. The molecule has 1 N–H and O–H groups in total. The van der Waals surface area contributed by atoms with Crippen LogP contribution >= 0.6 is 19.5 Å². The lowest BCUT2D eigenvalue weighted by molar-refractivity contribution is -0.149.